The summed E-state index contributed by atoms with van der Waals surface area (Å²) >= 11 is 0.261. The third kappa shape index (κ3) is 2.33. The average Bonchev–Trinajstić information content (AvgIpc) is 2.74. The Kier molecular flexibility index (Phi) is 3.42. The summed E-state index contributed by atoms with van der Waals surface area (Å²) in [5, 5.41) is 1.17. The average molecular weight is 312 g/mol. The number of halogens is 1. The van der Waals surface area contributed by atoms with Gasteiger partial charge in [-0.25, -0.2) is 0 Å². The molecule has 0 spiro atoms. The maximum atomic E-state index is 13.5. The molecule has 3 rings (SSSR count). The van der Waals surface area contributed by atoms with Gasteiger partial charge in [0, 0.05) is 0 Å². The number of likely N-dealkylation sites (N-methyl/N-ethyl adjacent to an activating group) is 1. The van der Waals surface area contributed by atoms with Crippen molar-refractivity contribution in [3.8, 4) is 5.75 Å². The number of rotatable bonds is 0. The molecule has 2 aromatic rings. The van der Waals surface area contributed by atoms with Crippen LogP contribution in [0.4, 0.5) is 4.39 Å². The van der Waals surface area contributed by atoms with Crippen molar-refractivity contribution in [1.29, 1.82) is 0 Å². The molecule has 2 heterocycles. The standard InChI is InChI=1S/C14H16FNOSe/c1-16-4-2-6-17-12-7-11(15)8-13-14(12)10(3-5-16)9-18-13/h7-9H,2-6H2,1H3. The zero-order chi connectivity index (χ0) is 12.5. The van der Waals surface area contributed by atoms with Gasteiger partial charge in [-0.15, -0.1) is 0 Å². The molecule has 1 aliphatic rings. The molecule has 0 aliphatic carbocycles. The van der Waals surface area contributed by atoms with Crippen LogP contribution in [0.3, 0.4) is 0 Å². The van der Waals surface area contributed by atoms with Gasteiger partial charge in [0.2, 0.25) is 0 Å². The molecule has 0 saturated heterocycles. The van der Waals surface area contributed by atoms with E-state index in [9.17, 15) is 4.39 Å². The molecular weight excluding hydrogens is 296 g/mol. The van der Waals surface area contributed by atoms with Crippen molar-refractivity contribution in [3.63, 3.8) is 0 Å². The van der Waals surface area contributed by atoms with Crippen LogP contribution in [0, 0.1) is 5.82 Å². The summed E-state index contributed by atoms with van der Waals surface area (Å²) < 4.78 is 20.5. The van der Waals surface area contributed by atoms with Crippen LogP contribution >= 0.6 is 0 Å². The SMILES string of the molecule is CN1CCCOc2cc(F)cc3[se]cc(c23)CC1. The topological polar surface area (TPSA) is 12.5 Å². The van der Waals surface area contributed by atoms with Crippen molar-refractivity contribution in [2.75, 3.05) is 26.7 Å². The molecule has 0 fully saturated rings. The van der Waals surface area contributed by atoms with Crippen LogP contribution < -0.4 is 4.74 Å². The van der Waals surface area contributed by atoms with Gasteiger partial charge >= 0.3 is 112 Å². The van der Waals surface area contributed by atoms with Gasteiger partial charge in [-0.2, -0.15) is 0 Å². The Morgan fingerprint density at radius 3 is 3.11 bits per heavy atom. The van der Waals surface area contributed by atoms with Crippen molar-refractivity contribution < 1.29 is 9.13 Å². The fourth-order valence-corrected chi connectivity index (χ4v) is 4.57. The molecule has 18 heavy (non-hydrogen) atoms. The molecule has 96 valence electrons. The summed E-state index contributed by atoms with van der Waals surface area (Å²) in [6, 6.07) is 3.21. The van der Waals surface area contributed by atoms with Gasteiger partial charge in [0.25, 0.3) is 0 Å². The third-order valence-corrected chi connectivity index (χ3v) is 5.44. The van der Waals surface area contributed by atoms with Crippen LogP contribution in [0.1, 0.15) is 12.0 Å². The normalized spacial score (nSPS) is 17.7. The summed E-state index contributed by atoms with van der Waals surface area (Å²) in [6.45, 7) is 2.77. The van der Waals surface area contributed by atoms with Crippen LogP contribution in [0.2, 0.25) is 0 Å². The summed E-state index contributed by atoms with van der Waals surface area (Å²) in [7, 11) is 2.15. The summed E-state index contributed by atoms with van der Waals surface area (Å²) in [5.41, 5.74) is 1.34. The van der Waals surface area contributed by atoms with Crippen LogP contribution in [0.15, 0.2) is 17.1 Å². The molecule has 0 atom stereocenters. The Hall–Kier alpha value is -0.831. The molecule has 1 aliphatic heterocycles. The number of hydrogen-bond donors (Lipinski definition) is 0. The number of hydrogen-bond acceptors (Lipinski definition) is 2. The van der Waals surface area contributed by atoms with Gasteiger partial charge in [0.05, 0.1) is 0 Å². The molecule has 4 heteroatoms. The van der Waals surface area contributed by atoms with E-state index in [0.29, 0.717) is 6.61 Å². The Labute approximate surface area is 112 Å². The van der Waals surface area contributed by atoms with Gasteiger partial charge in [0.1, 0.15) is 0 Å². The molecule has 0 N–H and O–H groups in total. The van der Waals surface area contributed by atoms with Crippen molar-refractivity contribution in [3.05, 3.63) is 28.5 Å². The Bertz CT molecular complexity index is 566. The monoisotopic (exact) mass is 313 g/mol. The molecular formula is C14H16FNOSe. The van der Waals surface area contributed by atoms with Gasteiger partial charge in [-0.3, -0.25) is 0 Å². The predicted octanol–water partition coefficient (Wildman–Crippen LogP) is 2.29. The summed E-state index contributed by atoms with van der Waals surface area (Å²) in [6.07, 6.45) is 2.03. The molecule has 1 aromatic heterocycles. The fourth-order valence-electron chi connectivity index (χ4n) is 2.40. The first-order valence-electron chi connectivity index (χ1n) is 6.25. The summed E-state index contributed by atoms with van der Waals surface area (Å²) in [4.78, 5) is 4.61. The van der Waals surface area contributed by atoms with Crippen LogP contribution in [-0.2, 0) is 6.42 Å². The molecule has 0 saturated carbocycles. The zero-order valence-corrected chi connectivity index (χ0v) is 12.1. The van der Waals surface area contributed by atoms with E-state index in [1.54, 1.807) is 12.1 Å². The molecule has 0 unspecified atom stereocenters. The van der Waals surface area contributed by atoms with Gasteiger partial charge in [-0.1, -0.05) is 0 Å². The molecule has 0 bridgehead atoms. The van der Waals surface area contributed by atoms with Crippen molar-refractivity contribution in [2.24, 2.45) is 0 Å². The van der Waals surface area contributed by atoms with Crippen molar-refractivity contribution in [1.82, 2.24) is 4.90 Å². The van der Waals surface area contributed by atoms with Crippen LogP contribution in [0.25, 0.3) is 9.65 Å². The van der Waals surface area contributed by atoms with Crippen molar-refractivity contribution in [2.45, 2.75) is 12.8 Å². The summed E-state index contributed by atoms with van der Waals surface area (Å²) in [5.74, 6) is 0.578. The van der Waals surface area contributed by atoms with E-state index in [2.05, 4.69) is 16.9 Å². The van der Waals surface area contributed by atoms with E-state index >= 15 is 0 Å². The number of ether oxygens (including phenoxy) is 1. The third-order valence-electron chi connectivity index (χ3n) is 3.38. The number of nitrogens with zero attached hydrogens (tertiary/aromatic N) is 1. The number of benzene rings is 1. The van der Waals surface area contributed by atoms with E-state index in [4.69, 9.17) is 4.74 Å². The zero-order valence-electron chi connectivity index (χ0n) is 10.4. The predicted molar refractivity (Wildman–Crippen MR) is 72.2 cm³/mol. The Morgan fingerprint density at radius 1 is 1.33 bits per heavy atom. The maximum absolute atomic E-state index is 13.5. The van der Waals surface area contributed by atoms with E-state index < -0.39 is 0 Å². The van der Waals surface area contributed by atoms with E-state index in [0.717, 1.165) is 35.9 Å². The Morgan fingerprint density at radius 2 is 2.22 bits per heavy atom. The van der Waals surface area contributed by atoms with E-state index in [1.807, 2.05) is 0 Å². The Balaban J connectivity index is 2.09. The van der Waals surface area contributed by atoms with E-state index in [-0.39, 0.29) is 20.3 Å². The van der Waals surface area contributed by atoms with Crippen molar-refractivity contribution >= 4 is 24.1 Å². The van der Waals surface area contributed by atoms with Crippen LogP contribution in [0.5, 0.6) is 5.75 Å². The second kappa shape index (κ2) is 5.04. The van der Waals surface area contributed by atoms with Crippen LogP contribution in [-0.4, -0.2) is 46.1 Å². The van der Waals surface area contributed by atoms with Gasteiger partial charge < -0.3 is 0 Å². The molecule has 2 nitrogen and oxygen atoms in total. The molecule has 0 radical (unpaired) electrons. The first-order chi connectivity index (χ1) is 8.74. The second-order valence-corrected chi connectivity index (χ2v) is 6.71. The first-order valence-corrected chi connectivity index (χ1v) is 8.09. The first kappa shape index (κ1) is 12.2. The minimum atomic E-state index is -0.172. The molecule has 0 amide bonds. The quantitative estimate of drug-likeness (QED) is 0.692. The molecule has 1 aromatic carbocycles. The van der Waals surface area contributed by atoms with E-state index in [1.165, 1.54) is 10.9 Å². The minimum absolute atomic E-state index is 0.172. The van der Waals surface area contributed by atoms with Gasteiger partial charge in [-0.05, 0) is 0 Å². The fraction of sp³-hybridized carbons (Fsp3) is 0.429. The second-order valence-electron chi connectivity index (χ2n) is 4.79. The van der Waals surface area contributed by atoms with Gasteiger partial charge in [0.15, 0.2) is 0 Å².